The number of nitrogens with one attached hydrogen (secondary N) is 3. The monoisotopic (exact) mass is 535 g/mol. The van der Waals surface area contributed by atoms with Crippen molar-refractivity contribution >= 4 is 34.8 Å². The number of pyridine rings is 1. The minimum absolute atomic E-state index is 0.00676. The molecule has 2 amide bonds. The number of piperidine rings is 1. The van der Waals surface area contributed by atoms with Crippen LogP contribution in [0, 0.1) is 11.8 Å². The first-order valence-corrected chi connectivity index (χ1v) is 13.6. The average Bonchev–Trinajstić information content (AvgIpc) is 3.42. The van der Waals surface area contributed by atoms with Gasteiger partial charge >= 0.3 is 0 Å². The van der Waals surface area contributed by atoms with Crippen molar-refractivity contribution < 1.29 is 14.0 Å². The lowest BCUT2D eigenvalue weighted by atomic mass is 9.93. The van der Waals surface area contributed by atoms with Gasteiger partial charge in [0.05, 0.1) is 40.8 Å². The second-order valence-electron chi connectivity index (χ2n) is 10.8. The molecule has 0 saturated carbocycles. The van der Waals surface area contributed by atoms with E-state index in [1.165, 1.54) is 0 Å². The van der Waals surface area contributed by atoms with Gasteiger partial charge in [0.1, 0.15) is 6.17 Å². The highest BCUT2D eigenvalue weighted by Crippen LogP contribution is 2.37. The van der Waals surface area contributed by atoms with E-state index in [1.807, 2.05) is 0 Å². The normalized spacial score (nSPS) is 34.5. The zero-order valence-electron chi connectivity index (χ0n) is 20.8. The van der Waals surface area contributed by atoms with Gasteiger partial charge in [-0.05, 0) is 19.3 Å². The largest absolute Gasteiger partial charge is 0.369 e. The lowest BCUT2D eigenvalue weighted by molar-refractivity contribution is -0.139. The molecule has 2 bridgehead atoms. The van der Waals surface area contributed by atoms with Crippen LogP contribution in [0.15, 0.2) is 12.4 Å². The molecule has 5 saturated heterocycles. The molecule has 5 aliphatic heterocycles. The molecule has 6 rings (SSSR count). The minimum atomic E-state index is -1.03. The van der Waals surface area contributed by atoms with Gasteiger partial charge in [-0.15, -0.1) is 0 Å². The van der Waals surface area contributed by atoms with Gasteiger partial charge in [-0.1, -0.05) is 11.6 Å². The van der Waals surface area contributed by atoms with Gasteiger partial charge in [-0.25, -0.2) is 14.8 Å². The molecule has 202 valence electrons. The molecular formula is C24H35ClFN9O2. The Morgan fingerprint density at radius 3 is 2.73 bits per heavy atom. The van der Waals surface area contributed by atoms with Crippen molar-refractivity contribution in [1.29, 1.82) is 0 Å². The van der Waals surface area contributed by atoms with Crippen molar-refractivity contribution in [2.75, 3.05) is 62.6 Å². The first kappa shape index (κ1) is 25.2. The van der Waals surface area contributed by atoms with Crippen LogP contribution in [-0.4, -0.2) is 109 Å². The number of amides is 2. The highest BCUT2D eigenvalue weighted by atomic mass is 35.5. The third-order valence-electron chi connectivity index (χ3n) is 8.54. The molecule has 5 aliphatic rings. The fraction of sp³-hybridized carbons (Fsp3) is 0.708. The van der Waals surface area contributed by atoms with Crippen molar-refractivity contribution in [2.24, 2.45) is 17.6 Å². The summed E-state index contributed by atoms with van der Waals surface area (Å²) in [6.45, 7) is 5.56. The lowest BCUT2D eigenvalue weighted by Crippen LogP contribution is -2.58. The zero-order chi connectivity index (χ0) is 25.7. The molecule has 0 aliphatic carbocycles. The van der Waals surface area contributed by atoms with Gasteiger partial charge in [0.2, 0.25) is 11.8 Å². The smallest absolute Gasteiger partial charge is 0.233 e. The Bertz CT molecular complexity index is 1040. The number of nitrogens with two attached hydrogens (primary N) is 1. The van der Waals surface area contributed by atoms with E-state index in [4.69, 9.17) is 17.3 Å². The first-order valence-electron chi connectivity index (χ1n) is 13.3. The fourth-order valence-corrected chi connectivity index (χ4v) is 6.89. The number of hydrogen-bond donors (Lipinski definition) is 4. The fourth-order valence-electron chi connectivity index (χ4n) is 6.61. The number of alkyl halides is 1. The topological polar surface area (TPSA) is 122 Å². The van der Waals surface area contributed by atoms with Gasteiger partial charge in [0.25, 0.3) is 0 Å². The van der Waals surface area contributed by atoms with Crippen LogP contribution in [0.3, 0.4) is 0 Å². The molecule has 0 radical (unpaired) electrons. The maximum Gasteiger partial charge on any atom is 0.233 e. The second-order valence-corrected chi connectivity index (χ2v) is 11.2. The number of nitrogens with zero attached hydrogens (tertiary/aromatic N) is 5. The van der Waals surface area contributed by atoms with Gasteiger partial charge in [-0.2, -0.15) is 0 Å². The Hall–Kier alpha value is -2.09. The Morgan fingerprint density at radius 2 is 1.92 bits per heavy atom. The van der Waals surface area contributed by atoms with E-state index in [0.29, 0.717) is 35.5 Å². The summed E-state index contributed by atoms with van der Waals surface area (Å²) in [5.74, 6) is -0.627. The van der Waals surface area contributed by atoms with E-state index in [2.05, 4.69) is 35.7 Å². The van der Waals surface area contributed by atoms with Crippen molar-refractivity contribution in [3.63, 3.8) is 0 Å². The van der Waals surface area contributed by atoms with E-state index < -0.39 is 24.4 Å². The summed E-state index contributed by atoms with van der Waals surface area (Å²) in [5.41, 5.74) is 10.4. The summed E-state index contributed by atoms with van der Waals surface area (Å²) in [4.78, 5) is 37.5. The number of piperazine rings is 1. The van der Waals surface area contributed by atoms with Crippen LogP contribution in [0.25, 0.3) is 0 Å². The number of aromatic nitrogens is 1. The highest BCUT2D eigenvalue weighted by molar-refractivity contribution is 6.34. The SMILES string of the molecule is NC1NN2CC(F)CNC2C1C(=O)Nc1cncc(Cl)c1N1CCC(C(=O)N2CCN3CCC2C3)CC1. The number of hydrazine groups is 1. The molecule has 11 nitrogen and oxygen atoms in total. The van der Waals surface area contributed by atoms with E-state index in [9.17, 15) is 14.0 Å². The van der Waals surface area contributed by atoms with Gasteiger partial charge < -0.3 is 20.9 Å². The van der Waals surface area contributed by atoms with Crippen LogP contribution in [0.4, 0.5) is 15.8 Å². The van der Waals surface area contributed by atoms with E-state index in [-0.39, 0.29) is 30.8 Å². The lowest BCUT2D eigenvalue weighted by Gasteiger charge is -2.40. The third-order valence-corrected chi connectivity index (χ3v) is 8.82. The molecule has 0 spiro atoms. The quantitative estimate of drug-likeness (QED) is 0.415. The molecule has 6 heterocycles. The number of carbonyl (C=O) groups excluding carboxylic acids is 2. The van der Waals surface area contributed by atoms with Crippen molar-refractivity contribution in [1.82, 2.24) is 30.5 Å². The standard InChI is InChI=1S/C24H35ClFN9O2/c25-17-10-28-11-18(30-23(36)19-21(27)31-35-12-15(26)9-29-22(19)35)20(17)33-5-1-14(2-6-33)24(37)34-8-7-32-4-3-16(34)13-32/h10-11,14-16,19,21-22,29,31H,1-9,12-13,27H2,(H,30,36). The maximum atomic E-state index is 13.8. The zero-order valence-corrected chi connectivity index (χ0v) is 21.5. The van der Waals surface area contributed by atoms with Crippen LogP contribution in [0.5, 0.6) is 0 Å². The summed E-state index contributed by atoms with van der Waals surface area (Å²) in [6, 6.07) is 0.359. The Kier molecular flexibility index (Phi) is 6.97. The third kappa shape index (κ3) is 4.79. The first-order chi connectivity index (χ1) is 17.9. The number of rotatable bonds is 4. The van der Waals surface area contributed by atoms with Gasteiger partial charge in [0, 0.05) is 70.5 Å². The predicted octanol–water partition coefficient (Wildman–Crippen LogP) is -0.205. The number of anilines is 2. The van der Waals surface area contributed by atoms with Crippen LogP contribution in [-0.2, 0) is 9.59 Å². The number of fused-ring (bicyclic) bond motifs is 3. The molecule has 1 aromatic rings. The van der Waals surface area contributed by atoms with Crippen LogP contribution in [0.2, 0.25) is 5.02 Å². The summed E-state index contributed by atoms with van der Waals surface area (Å²) >= 11 is 6.59. The summed E-state index contributed by atoms with van der Waals surface area (Å²) in [7, 11) is 0. The molecule has 6 atom stereocenters. The van der Waals surface area contributed by atoms with E-state index in [1.54, 1.807) is 17.4 Å². The van der Waals surface area contributed by atoms with Crippen LogP contribution >= 0.6 is 11.6 Å². The number of halogens is 2. The second kappa shape index (κ2) is 10.2. The average molecular weight is 536 g/mol. The molecular weight excluding hydrogens is 501 g/mol. The molecule has 1 aromatic heterocycles. The van der Waals surface area contributed by atoms with Crippen molar-refractivity contribution in [3.8, 4) is 0 Å². The van der Waals surface area contributed by atoms with E-state index >= 15 is 0 Å². The molecule has 37 heavy (non-hydrogen) atoms. The molecule has 13 heteroatoms. The molecule has 5 fully saturated rings. The van der Waals surface area contributed by atoms with Crippen molar-refractivity contribution in [3.05, 3.63) is 17.4 Å². The van der Waals surface area contributed by atoms with E-state index in [0.717, 1.165) is 45.4 Å². The Balaban J connectivity index is 1.12. The van der Waals surface area contributed by atoms with Crippen LogP contribution < -0.4 is 26.7 Å². The number of hydrogen-bond acceptors (Lipinski definition) is 9. The molecule has 6 unspecified atom stereocenters. The Morgan fingerprint density at radius 1 is 1.11 bits per heavy atom. The van der Waals surface area contributed by atoms with Crippen molar-refractivity contribution in [2.45, 2.75) is 43.8 Å². The van der Waals surface area contributed by atoms with Crippen LogP contribution in [0.1, 0.15) is 19.3 Å². The summed E-state index contributed by atoms with van der Waals surface area (Å²) in [5, 5.41) is 8.16. The minimum Gasteiger partial charge on any atom is -0.369 e. The van der Waals surface area contributed by atoms with Gasteiger partial charge in [0.15, 0.2) is 0 Å². The summed E-state index contributed by atoms with van der Waals surface area (Å²) < 4.78 is 13.8. The molecule has 5 N–H and O–H groups in total. The maximum absolute atomic E-state index is 13.8. The number of carbonyl (C=O) groups is 2. The Labute approximate surface area is 220 Å². The predicted molar refractivity (Wildman–Crippen MR) is 137 cm³/mol. The van der Waals surface area contributed by atoms with Gasteiger partial charge in [-0.3, -0.25) is 24.8 Å². The molecule has 0 aromatic carbocycles. The summed E-state index contributed by atoms with van der Waals surface area (Å²) in [6.07, 6.45) is 3.62. The highest BCUT2D eigenvalue weighted by Gasteiger charge is 2.47.